The number of hydrogen-bond donors (Lipinski definition) is 1. The number of anilines is 1. The second-order valence-electron chi connectivity index (χ2n) is 7.98. The molecule has 1 aliphatic heterocycles. The van der Waals surface area contributed by atoms with Crippen molar-refractivity contribution in [3.8, 4) is 17.1 Å². The van der Waals surface area contributed by atoms with E-state index in [2.05, 4.69) is 10.5 Å². The molecule has 4 aromatic rings. The summed E-state index contributed by atoms with van der Waals surface area (Å²) in [4.78, 5) is 20.8. The number of methoxy groups -OCH3 is 1. The van der Waals surface area contributed by atoms with Crippen LogP contribution in [0.25, 0.3) is 17.0 Å². The average molecular weight is 485 g/mol. The summed E-state index contributed by atoms with van der Waals surface area (Å²) in [5.74, 6) is 1.58. The van der Waals surface area contributed by atoms with Gasteiger partial charge in [0.25, 0.3) is 5.89 Å². The molecule has 1 N–H and O–H groups in total. The third-order valence-corrected chi connectivity index (χ3v) is 6.70. The van der Waals surface area contributed by atoms with Gasteiger partial charge in [0.2, 0.25) is 5.82 Å². The first kappa shape index (κ1) is 22.7. The molecule has 5 rings (SSSR count). The van der Waals surface area contributed by atoms with Crippen molar-refractivity contribution in [1.82, 2.24) is 15.5 Å². The normalized spacial score (nSPS) is 15.8. The zero-order valence-corrected chi connectivity index (χ0v) is 20.4. The third kappa shape index (κ3) is 4.40. The van der Waals surface area contributed by atoms with Crippen LogP contribution < -0.4 is 15.0 Å². The lowest BCUT2D eigenvalue weighted by atomic mass is 9.94. The van der Waals surface area contributed by atoms with E-state index in [0.717, 1.165) is 38.7 Å². The van der Waals surface area contributed by atoms with Crippen LogP contribution >= 0.6 is 11.8 Å². The predicted molar refractivity (Wildman–Crippen MR) is 137 cm³/mol. The standard InChI is InChI=1S/C27H24N4O3S/c1-17-23(26-29-25(30-34-26)19-7-5-4-6-8-19)24(18-9-13-21(33-2)14-10-18)28-27(32)31(17)20-11-15-22(35-3)16-12-20/h4-16,24H,1-3H3,(H,28,32). The molecule has 35 heavy (non-hydrogen) atoms. The SMILES string of the molecule is COc1ccc(C2NC(=O)N(c3ccc(SC)cc3)C(C)=C2c2nc(-c3ccccc3)no2)cc1. The zero-order chi connectivity index (χ0) is 24.4. The van der Waals surface area contributed by atoms with E-state index in [-0.39, 0.29) is 6.03 Å². The van der Waals surface area contributed by atoms with Gasteiger partial charge in [-0.15, -0.1) is 11.8 Å². The fraction of sp³-hybridized carbons (Fsp3) is 0.148. The minimum absolute atomic E-state index is 0.230. The maximum atomic E-state index is 13.4. The first-order valence-corrected chi connectivity index (χ1v) is 12.3. The van der Waals surface area contributed by atoms with Crippen LogP contribution in [0.3, 0.4) is 0 Å². The molecule has 0 aliphatic carbocycles. The number of rotatable bonds is 6. The highest BCUT2D eigenvalue weighted by Gasteiger charge is 2.36. The Bertz CT molecular complexity index is 1370. The maximum Gasteiger partial charge on any atom is 0.326 e. The van der Waals surface area contributed by atoms with E-state index in [0.29, 0.717) is 11.7 Å². The number of aromatic nitrogens is 2. The molecule has 0 saturated carbocycles. The number of hydrogen-bond acceptors (Lipinski definition) is 6. The van der Waals surface area contributed by atoms with Gasteiger partial charge in [0.05, 0.1) is 24.4 Å². The van der Waals surface area contributed by atoms with Crippen molar-refractivity contribution in [2.75, 3.05) is 18.3 Å². The number of benzene rings is 3. The monoisotopic (exact) mass is 484 g/mol. The van der Waals surface area contributed by atoms with Crippen LogP contribution in [0.15, 0.2) is 94.0 Å². The molecule has 3 aromatic carbocycles. The minimum Gasteiger partial charge on any atom is -0.497 e. The van der Waals surface area contributed by atoms with Crippen LogP contribution in [0.2, 0.25) is 0 Å². The summed E-state index contributed by atoms with van der Waals surface area (Å²) in [5.41, 5.74) is 3.94. The molecule has 0 bridgehead atoms. The highest BCUT2D eigenvalue weighted by atomic mass is 32.2. The zero-order valence-electron chi connectivity index (χ0n) is 19.6. The summed E-state index contributed by atoms with van der Waals surface area (Å²) in [6.07, 6.45) is 2.02. The minimum atomic E-state index is -0.473. The summed E-state index contributed by atoms with van der Waals surface area (Å²) in [7, 11) is 1.62. The maximum absolute atomic E-state index is 13.4. The van der Waals surface area contributed by atoms with Gasteiger partial charge in [0.15, 0.2) is 0 Å². The van der Waals surface area contributed by atoms with Gasteiger partial charge in [0.1, 0.15) is 5.75 Å². The largest absolute Gasteiger partial charge is 0.497 e. The molecule has 0 radical (unpaired) electrons. The Morgan fingerprint density at radius 2 is 1.71 bits per heavy atom. The lowest BCUT2D eigenvalue weighted by Gasteiger charge is -2.35. The summed E-state index contributed by atoms with van der Waals surface area (Å²) in [5, 5.41) is 7.35. The van der Waals surface area contributed by atoms with E-state index in [1.54, 1.807) is 23.8 Å². The summed E-state index contributed by atoms with van der Waals surface area (Å²) in [6, 6.07) is 24.4. The molecular formula is C27H24N4O3S. The molecule has 176 valence electrons. The van der Waals surface area contributed by atoms with Gasteiger partial charge in [-0.25, -0.2) is 4.79 Å². The van der Waals surface area contributed by atoms with E-state index in [9.17, 15) is 4.79 Å². The number of ether oxygens (including phenoxy) is 1. The molecule has 7 nitrogen and oxygen atoms in total. The number of urea groups is 1. The third-order valence-electron chi connectivity index (χ3n) is 5.95. The van der Waals surface area contributed by atoms with Gasteiger partial charge < -0.3 is 14.6 Å². The molecule has 1 aliphatic rings. The van der Waals surface area contributed by atoms with Crippen molar-refractivity contribution in [3.05, 3.63) is 96.0 Å². The van der Waals surface area contributed by atoms with E-state index in [4.69, 9.17) is 14.2 Å². The number of thioether (sulfide) groups is 1. The van der Waals surface area contributed by atoms with Crippen molar-refractivity contribution in [2.24, 2.45) is 0 Å². The van der Waals surface area contributed by atoms with Crippen molar-refractivity contribution in [2.45, 2.75) is 17.9 Å². The van der Waals surface area contributed by atoms with Gasteiger partial charge >= 0.3 is 6.03 Å². The van der Waals surface area contributed by atoms with Gasteiger partial charge in [-0.05, 0) is 55.1 Å². The van der Waals surface area contributed by atoms with E-state index in [1.807, 2.05) is 92.0 Å². The van der Waals surface area contributed by atoms with Gasteiger partial charge in [-0.3, -0.25) is 4.90 Å². The van der Waals surface area contributed by atoms with Crippen molar-refractivity contribution in [1.29, 1.82) is 0 Å². The highest BCUT2D eigenvalue weighted by molar-refractivity contribution is 7.98. The quantitative estimate of drug-likeness (QED) is 0.330. The number of nitrogens with one attached hydrogen (secondary N) is 1. The van der Waals surface area contributed by atoms with E-state index >= 15 is 0 Å². The highest BCUT2D eigenvalue weighted by Crippen LogP contribution is 2.39. The van der Waals surface area contributed by atoms with Crippen molar-refractivity contribution >= 4 is 29.1 Å². The molecule has 8 heteroatoms. The summed E-state index contributed by atoms with van der Waals surface area (Å²) >= 11 is 1.65. The fourth-order valence-electron chi connectivity index (χ4n) is 4.15. The lowest BCUT2D eigenvalue weighted by Crippen LogP contribution is -2.46. The molecule has 0 fully saturated rings. The molecule has 2 amide bonds. The van der Waals surface area contributed by atoms with Gasteiger partial charge in [0, 0.05) is 16.2 Å². The first-order valence-electron chi connectivity index (χ1n) is 11.1. The number of carbonyl (C=O) groups excluding carboxylic acids is 1. The number of carbonyl (C=O) groups is 1. The van der Waals surface area contributed by atoms with E-state index < -0.39 is 6.04 Å². The number of allylic oxidation sites excluding steroid dienone is 1. The molecule has 1 atom stereocenters. The molecule has 0 saturated heterocycles. The average Bonchev–Trinajstić information content (AvgIpc) is 3.39. The van der Waals surface area contributed by atoms with Crippen LogP contribution in [0.1, 0.15) is 24.4 Å². The van der Waals surface area contributed by atoms with Crippen LogP contribution in [-0.2, 0) is 0 Å². The first-order chi connectivity index (χ1) is 17.1. The predicted octanol–water partition coefficient (Wildman–Crippen LogP) is 6.17. The Balaban J connectivity index is 1.63. The van der Waals surface area contributed by atoms with Crippen LogP contribution in [-0.4, -0.2) is 29.5 Å². The Morgan fingerprint density at radius 1 is 1.00 bits per heavy atom. The Hall–Kier alpha value is -4.04. The molecule has 1 aromatic heterocycles. The summed E-state index contributed by atoms with van der Waals surface area (Å²) < 4.78 is 11.1. The number of amides is 2. The van der Waals surface area contributed by atoms with Gasteiger partial charge in [-0.1, -0.05) is 47.6 Å². The second kappa shape index (κ2) is 9.68. The number of nitrogens with zero attached hydrogens (tertiary/aromatic N) is 3. The van der Waals surface area contributed by atoms with Crippen LogP contribution in [0, 0.1) is 0 Å². The van der Waals surface area contributed by atoms with Crippen molar-refractivity contribution in [3.63, 3.8) is 0 Å². The topological polar surface area (TPSA) is 80.5 Å². The van der Waals surface area contributed by atoms with Crippen LogP contribution in [0.5, 0.6) is 5.75 Å². The molecule has 0 spiro atoms. The van der Waals surface area contributed by atoms with Crippen molar-refractivity contribution < 1.29 is 14.1 Å². The molecular weight excluding hydrogens is 460 g/mol. The lowest BCUT2D eigenvalue weighted by molar-refractivity contribution is 0.244. The van der Waals surface area contributed by atoms with Crippen LogP contribution in [0.4, 0.5) is 10.5 Å². The fourth-order valence-corrected chi connectivity index (χ4v) is 4.55. The van der Waals surface area contributed by atoms with Gasteiger partial charge in [-0.2, -0.15) is 4.98 Å². The second-order valence-corrected chi connectivity index (χ2v) is 8.86. The molecule has 2 heterocycles. The Labute approximate surface area is 207 Å². The Morgan fingerprint density at radius 3 is 2.37 bits per heavy atom. The summed E-state index contributed by atoms with van der Waals surface area (Å²) in [6.45, 7) is 1.90. The molecule has 1 unspecified atom stereocenters. The van der Waals surface area contributed by atoms with E-state index in [1.165, 1.54) is 0 Å². The Kier molecular flexibility index (Phi) is 6.29. The smallest absolute Gasteiger partial charge is 0.326 e.